The van der Waals surface area contributed by atoms with Gasteiger partial charge in [-0.25, -0.2) is 4.79 Å². The highest BCUT2D eigenvalue weighted by Crippen LogP contribution is 2.22. The topological polar surface area (TPSA) is 65.1 Å². The molecular formula is C21H23NO5. The fraction of sp³-hybridized carbons (Fsp3) is 0.333. The SMILES string of the molecule is C[C@@H]1CN(C(=O)COC(=O)c2cccc(Oc3ccccc3)c2)C[C@H](C)O1. The number of para-hydroxylation sites is 1. The zero-order valence-corrected chi connectivity index (χ0v) is 15.5. The Hall–Kier alpha value is -2.86. The van der Waals surface area contributed by atoms with Crippen LogP contribution in [0.2, 0.25) is 0 Å². The van der Waals surface area contributed by atoms with Gasteiger partial charge < -0.3 is 19.1 Å². The van der Waals surface area contributed by atoms with E-state index in [0.717, 1.165) is 0 Å². The maximum absolute atomic E-state index is 12.3. The summed E-state index contributed by atoms with van der Waals surface area (Å²) in [5, 5.41) is 0. The largest absolute Gasteiger partial charge is 0.457 e. The van der Waals surface area contributed by atoms with Gasteiger partial charge in [-0.1, -0.05) is 24.3 Å². The van der Waals surface area contributed by atoms with Crippen molar-refractivity contribution in [2.24, 2.45) is 0 Å². The molecule has 0 aromatic heterocycles. The molecule has 0 unspecified atom stereocenters. The lowest BCUT2D eigenvalue weighted by Crippen LogP contribution is -2.49. The predicted octanol–water partition coefficient (Wildman–Crippen LogP) is 3.27. The van der Waals surface area contributed by atoms with Gasteiger partial charge in [0.1, 0.15) is 11.5 Å². The van der Waals surface area contributed by atoms with E-state index < -0.39 is 5.97 Å². The first kappa shape index (κ1) is 18.9. The van der Waals surface area contributed by atoms with Crippen molar-refractivity contribution in [3.63, 3.8) is 0 Å². The number of nitrogens with zero attached hydrogens (tertiary/aromatic N) is 1. The number of hydrogen-bond acceptors (Lipinski definition) is 5. The van der Waals surface area contributed by atoms with Crippen LogP contribution in [-0.2, 0) is 14.3 Å². The van der Waals surface area contributed by atoms with Gasteiger partial charge in [-0.05, 0) is 44.2 Å². The summed E-state index contributed by atoms with van der Waals surface area (Å²) in [5.41, 5.74) is 0.333. The van der Waals surface area contributed by atoms with Crippen molar-refractivity contribution >= 4 is 11.9 Å². The molecule has 2 aromatic rings. The smallest absolute Gasteiger partial charge is 0.338 e. The third-order valence-corrected chi connectivity index (χ3v) is 4.15. The van der Waals surface area contributed by atoms with Crippen LogP contribution < -0.4 is 4.74 Å². The normalized spacial score (nSPS) is 19.4. The number of carbonyl (C=O) groups is 2. The first-order valence-electron chi connectivity index (χ1n) is 8.94. The predicted molar refractivity (Wildman–Crippen MR) is 99.8 cm³/mol. The summed E-state index contributed by atoms with van der Waals surface area (Å²) in [6, 6.07) is 16.0. The molecule has 27 heavy (non-hydrogen) atoms. The number of amides is 1. The molecule has 142 valence electrons. The Labute approximate surface area is 158 Å². The van der Waals surface area contributed by atoms with Crippen molar-refractivity contribution in [1.29, 1.82) is 0 Å². The van der Waals surface area contributed by atoms with E-state index in [1.807, 2.05) is 44.2 Å². The van der Waals surface area contributed by atoms with Gasteiger partial charge in [0.05, 0.1) is 17.8 Å². The number of hydrogen-bond donors (Lipinski definition) is 0. The quantitative estimate of drug-likeness (QED) is 0.757. The monoisotopic (exact) mass is 369 g/mol. The van der Waals surface area contributed by atoms with Crippen molar-refractivity contribution < 1.29 is 23.8 Å². The van der Waals surface area contributed by atoms with Crippen LogP contribution in [0.25, 0.3) is 0 Å². The lowest BCUT2D eigenvalue weighted by molar-refractivity contribution is -0.146. The first-order valence-corrected chi connectivity index (χ1v) is 8.94. The van der Waals surface area contributed by atoms with Crippen LogP contribution in [-0.4, -0.2) is 48.7 Å². The second-order valence-electron chi connectivity index (χ2n) is 6.58. The average molecular weight is 369 g/mol. The number of morpholine rings is 1. The number of rotatable bonds is 5. The van der Waals surface area contributed by atoms with E-state index in [1.165, 1.54) is 0 Å². The van der Waals surface area contributed by atoms with E-state index in [0.29, 0.717) is 30.2 Å². The molecule has 0 saturated carbocycles. The first-order chi connectivity index (χ1) is 13.0. The zero-order chi connectivity index (χ0) is 19.2. The van der Waals surface area contributed by atoms with Gasteiger partial charge in [-0.15, -0.1) is 0 Å². The molecule has 0 spiro atoms. The van der Waals surface area contributed by atoms with Crippen LogP contribution in [0.1, 0.15) is 24.2 Å². The molecule has 0 bridgehead atoms. The summed E-state index contributed by atoms with van der Waals surface area (Å²) in [5.74, 6) is 0.421. The number of benzene rings is 2. The molecule has 1 heterocycles. The Morgan fingerprint density at radius 2 is 1.67 bits per heavy atom. The molecule has 1 aliphatic heterocycles. The van der Waals surface area contributed by atoms with Crippen LogP contribution in [0.3, 0.4) is 0 Å². The van der Waals surface area contributed by atoms with Gasteiger partial charge in [0, 0.05) is 13.1 Å². The van der Waals surface area contributed by atoms with Gasteiger partial charge in [0.15, 0.2) is 6.61 Å². The third kappa shape index (κ3) is 5.31. The number of esters is 1. The molecule has 1 saturated heterocycles. The van der Waals surface area contributed by atoms with Gasteiger partial charge in [-0.2, -0.15) is 0 Å². The molecule has 6 nitrogen and oxygen atoms in total. The maximum Gasteiger partial charge on any atom is 0.338 e. The molecule has 0 aliphatic carbocycles. The standard InChI is InChI=1S/C21H23NO5/c1-15-12-22(13-16(2)26-15)20(23)14-25-21(24)17-7-6-10-19(11-17)27-18-8-4-3-5-9-18/h3-11,15-16H,12-14H2,1-2H3/t15-,16+. The fourth-order valence-electron chi connectivity index (χ4n) is 2.99. The van der Waals surface area contributed by atoms with Gasteiger partial charge in [0.2, 0.25) is 0 Å². The van der Waals surface area contributed by atoms with Crippen LogP contribution in [0, 0.1) is 0 Å². The van der Waals surface area contributed by atoms with E-state index in [4.69, 9.17) is 14.2 Å². The summed E-state index contributed by atoms with van der Waals surface area (Å²) in [6.45, 7) is 4.55. The van der Waals surface area contributed by atoms with Gasteiger partial charge >= 0.3 is 5.97 Å². The third-order valence-electron chi connectivity index (χ3n) is 4.15. The van der Waals surface area contributed by atoms with Gasteiger partial charge in [-0.3, -0.25) is 4.79 Å². The minimum atomic E-state index is -0.559. The molecule has 3 rings (SSSR count). The lowest BCUT2D eigenvalue weighted by atomic mass is 10.2. The minimum absolute atomic E-state index is 0.0276. The fourth-order valence-corrected chi connectivity index (χ4v) is 2.99. The van der Waals surface area contributed by atoms with E-state index in [2.05, 4.69) is 0 Å². The molecule has 1 aliphatic rings. The van der Waals surface area contributed by atoms with Crippen LogP contribution in [0.4, 0.5) is 0 Å². The van der Waals surface area contributed by atoms with E-state index in [-0.39, 0.29) is 24.7 Å². The highest BCUT2D eigenvalue weighted by atomic mass is 16.5. The van der Waals surface area contributed by atoms with Crippen LogP contribution in [0.15, 0.2) is 54.6 Å². The molecular weight excluding hydrogens is 346 g/mol. The summed E-state index contributed by atoms with van der Waals surface area (Å²) in [6.07, 6.45) is -0.0552. The summed E-state index contributed by atoms with van der Waals surface area (Å²) in [4.78, 5) is 26.3. The van der Waals surface area contributed by atoms with E-state index in [9.17, 15) is 9.59 Å². The van der Waals surface area contributed by atoms with Gasteiger partial charge in [0.25, 0.3) is 5.91 Å². The Morgan fingerprint density at radius 1 is 1.00 bits per heavy atom. The number of ether oxygens (including phenoxy) is 3. The van der Waals surface area contributed by atoms with E-state index >= 15 is 0 Å². The second-order valence-corrected chi connectivity index (χ2v) is 6.58. The molecule has 2 atom stereocenters. The second kappa shape index (κ2) is 8.68. The molecule has 6 heteroatoms. The Bertz CT molecular complexity index is 782. The van der Waals surface area contributed by atoms with Crippen molar-refractivity contribution in [1.82, 2.24) is 4.90 Å². The average Bonchev–Trinajstić information content (AvgIpc) is 2.66. The minimum Gasteiger partial charge on any atom is -0.457 e. The highest BCUT2D eigenvalue weighted by molar-refractivity contribution is 5.91. The zero-order valence-electron chi connectivity index (χ0n) is 15.5. The van der Waals surface area contributed by atoms with E-state index in [1.54, 1.807) is 29.2 Å². The molecule has 1 amide bonds. The lowest BCUT2D eigenvalue weighted by Gasteiger charge is -2.35. The number of carbonyl (C=O) groups excluding carboxylic acids is 2. The van der Waals surface area contributed by atoms with Crippen LogP contribution >= 0.6 is 0 Å². The Balaban J connectivity index is 1.56. The molecule has 1 fully saturated rings. The highest BCUT2D eigenvalue weighted by Gasteiger charge is 2.26. The Morgan fingerprint density at radius 3 is 2.37 bits per heavy atom. The maximum atomic E-state index is 12.3. The van der Waals surface area contributed by atoms with Crippen molar-refractivity contribution in [2.75, 3.05) is 19.7 Å². The molecule has 2 aromatic carbocycles. The Kier molecular flexibility index (Phi) is 6.08. The van der Waals surface area contributed by atoms with Crippen LogP contribution in [0.5, 0.6) is 11.5 Å². The van der Waals surface area contributed by atoms with Crippen molar-refractivity contribution in [3.8, 4) is 11.5 Å². The van der Waals surface area contributed by atoms with Crippen molar-refractivity contribution in [3.05, 3.63) is 60.2 Å². The van der Waals surface area contributed by atoms with Crippen molar-refractivity contribution in [2.45, 2.75) is 26.1 Å². The molecule has 0 radical (unpaired) electrons. The summed E-state index contributed by atoms with van der Waals surface area (Å²) < 4.78 is 16.5. The summed E-state index contributed by atoms with van der Waals surface area (Å²) in [7, 11) is 0. The molecule has 0 N–H and O–H groups in total. The summed E-state index contributed by atoms with van der Waals surface area (Å²) >= 11 is 0.